The van der Waals surface area contributed by atoms with Gasteiger partial charge in [0.15, 0.2) is 28.3 Å². The van der Waals surface area contributed by atoms with E-state index >= 15 is 0 Å². The Kier molecular flexibility index (Phi) is 5.83. The Morgan fingerprint density at radius 1 is 1.09 bits per heavy atom. The molecule has 1 unspecified atom stereocenters. The minimum Gasteiger partial charge on any atom is -0.493 e. The highest BCUT2D eigenvalue weighted by atomic mass is 32.1. The number of benzene rings is 2. The van der Waals surface area contributed by atoms with Crippen molar-refractivity contribution in [3.63, 3.8) is 0 Å². The van der Waals surface area contributed by atoms with Crippen molar-refractivity contribution in [1.29, 1.82) is 0 Å². The average Bonchev–Trinajstić information content (AvgIpc) is 3.35. The molecule has 1 saturated heterocycles. The van der Waals surface area contributed by atoms with Gasteiger partial charge in [0.1, 0.15) is 0 Å². The second-order valence-electron chi connectivity index (χ2n) is 7.03. The molecule has 168 valence electrons. The summed E-state index contributed by atoms with van der Waals surface area (Å²) in [6.45, 7) is 0.136. The first-order valence-corrected chi connectivity index (χ1v) is 10.3. The number of nitrogens with one attached hydrogen (secondary N) is 1. The summed E-state index contributed by atoms with van der Waals surface area (Å²) < 4.78 is 43.2. The highest BCUT2D eigenvalue weighted by Gasteiger charge is 2.36. The average molecular weight is 463 g/mol. The number of aromatic nitrogens is 1. The third kappa shape index (κ3) is 3.91. The molecule has 8 nitrogen and oxygen atoms in total. The van der Waals surface area contributed by atoms with Gasteiger partial charge in [0.25, 0.3) is 0 Å². The SMILES string of the molecule is COc1cc(N2CC(C(=O)Nc3nc4cc(F)c(F)cc4s3)CC2=O)cc(OC)c1OC. The Labute approximate surface area is 185 Å². The molecule has 1 aliphatic rings. The molecule has 2 heterocycles. The second kappa shape index (κ2) is 8.58. The van der Waals surface area contributed by atoms with Crippen LogP contribution in [0.5, 0.6) is 17.2 Å². The number of thiazole rings is 1. The van der Waals surface area contributed by atoms with Crippen molar-refractivity contribution in [3.8, 4) is 17.2 Å². The molecule has 0 aliphatic carbocycles. The molecule has 2 aromatic carbocycles. The van der Waals surface area contributed by atoms with Gasteiger partial charge in [-0.2, -0.15) is 0 Å². The van der Waals surface area contributed by atoms with Gasteiger partial charge in [0, 0.05) is 31.2 Å². The van der Waals surface area contributed by atoms with E-state index in [0.717, 1.165) is 23.5 Å². The topological polar surface area (TPSA) is 90.0 Å². The van der Waals surface area contributed by atoms with Gasteiger partial charge in [-0.15, -0.1) is 0 Å². The normalized spacial score (nSPS) is 15.8. The summed E-state index contributed by atoms with van der Waals surface area (Å²) in [4.78, 5) is 31.0. The molecule has 32 heavy (non-hydrogen) atoms. The van der Waals surface area contributed by atoms with Crippen LogP contribution in [-0.4, -0.2) is 44.7 Å². The van der Waals surface area contributed by atoms with E-state index in [-0.39, 0.29) is 29.5 Å². The summed E-state index contributed by atoms with van der Waals surface area (Å²) in [7, 11) is 4.42. The van der Waals surface area contributed by atoms with E-state index in [2.05, 4.69) is 10.3 Å². The third-order valence-electron chi connectivity index (χ3n) is 5.12. The van der Waals surface area contributed by atoms with Gasteiger partial charge in [-0.3, -0.25) is 9.59 Å². The van der Waals surface area contributed by atoms with Crippen LogP contribution in [0.4, 0.5) is 19.6 Å². The number of methoxy groups -OCH3 is 3. The van der Waals surface area contributed by atoms with Crippen LogP contribution in [0.2, 0.25) is 0 Å². The van der Waals surface area contributed by atoms with Crippen LogP contribution in [0, 0.1) is 17.6 Å². The lowest BCUT2D eigenvalue weighted by Crippen LogP contribution is -2.28. The zero-order valence-electron chi connectivity index (χ0n) is 17.4. The second-order valence-corrected chi connectivity index (χ2v) is 8.06. The lowest BCUT2D eigenvalue weighted by Gasteiger charge is -2.20. The van der Waals surface area contributed by atoms with E-state index < -0.39 is 23.5 Å². The van der Waals surface area contributed by atoms with Crippen LogP contribution >= 0.6 is 11.3 Å². The highest BCUT2D eigenvalue weighted by Crippen LogP contribution is 2.42. The number of carbonyl (C=O) groups is 2. The zero-order valence-corrected chi connectivity index (χ0v) is 18.2. The molecule has 0 spiro atoms. The maximum absolute atomic E-state index is 13.4. The minimum atomic E-state index is -1.01. The monoisotopic (exact) mass is 463 g/mol. The number of hydrogen-bond acceptors (Lipinski definition) is 7. The van der Waals surface area contributed by atoms with E-state index in [0.29, 0.717) is 27.6 Å². The van der Waals surface area contributed by atoms with Gasteiger partial charge in [-0.05, 0) is 6.07 Å². The van der Waals surface area contributed by atoms with Gasteiger partial charge in [-0.1, -0.05) is 11.3 Å². The van der Waals surface area contributed by atoms with Gasteiger partial charge < -0.3 is 24.4 Å². The molecule has 1 fully saturated rings. The van der Waals surface area contributed by atoms with Crippen LogP contribution < -0.4 is 24.4 Å². The summed E-state index contributed by atoms with van der Waals surface area (Å²) in [6.07, 6.45) is -0.00333. The van der Waals surface area contributed by atoms with Crippen molar-refractivity contribution in [2.75, 3.05) is 38.1 Å². The fraction of sp³-hybridized carbons (Fsp3) is 0.286. The Balaban J connectivity index is 1.53. The number of carbonyl (C=O) groups excluding carboxylic acids is 2. The van der Waals surface area contributed by atoms with Crippen LogP contribution in [0.15, 0.2) is 24.3 Å². The fourth-order valence-electron chi connectivity index (χ4n) is 3.54. The Morgan fingerprint density at radius 3 is 2.38 bits per heavy atom. The number of amides is 2. The van der Waals surface area contributed by atoms with Crippen molar-refractivity contribution in [3.05, 3.63) is 35.9 Å². The summed E-state index contributed by atoms with van der Waals surface area (Å²) in [5.74, 6) is -2.12. The van der Waals surface area contributed by atoms with E-state index in [1.165, 1.54) is 26.2 Å². The summed E-state index contributed by atoms with van der Waals surface area (Å²) in [5.41, 5.74) is 0.747. The first-order valence-electron chi connectivity index (χ1n) is 9.51. The van der Waals surface area contributed by atoms with Crippen molar-refractivity contribution in [1.82, 2.24) is 4.98 Å². The summed E-state index contributed by atoms with van der Waals surface area (Å²) in [6, 6.07) is 5.28. The molecule has 0 saturated carbocycles. The zero-order chi connectivity index (χ0) is 23.0. The van der Waals surface area contributed by atoms with Crippen LogP contribution in [-0.2, 0) is 9.59 Å². The quantitative estimate of drug-likeness (QED) is 0.601. The molecular formula is C21H19F2N3O5S. The molecule has 1 aliphatic heterocycles. The third-order valence-corrected chi connectivity index (χ3v) is 6.05. The minimum absolute atomic E-state index is 0.00333. The molecule has 4 rings (SSSR count). The van der Waals surface area contributed by atoms with Crippen molar-refractivity contribution in [2.45, 2.75) is 6.42 Å². The van der Waals surface area contributed by atoms with Crippen LogP contribution in [0.25, 0.3) is 10.2 Å². The van der Waals surface area contributed by atoms with Crippen molar-refractivity contribution < 1.29 is 32.6 Å². The largest absolute Gasteiger partial charge is 0.493 e. The predicted molar refractivity (Wildman–Crippen MR) is 115 cm³/mol. The Bertz CT molecular complexity index is 1150. The van der Waals surface area contributed by atoms with Gasteiger partial charge in [0.2, 0.25) is 17.6 Å². The number of nitrogens with zero attached hydrogens (tertiary/aromatic N) is 2. The van der Waals surface area contributed by atoms with E-state index in [4.69, 9.17) is 14.2 Å². The molecule has 3 aromatic rings. The van der Waals surface area contributed by atoms with Crippen molar-refractivity contribution in [2.24, 2.45) is 5.92 Å². The maximum atomic E-state index is 13.4. The molecule has 11 heteroatoms. The lowest BCUT2D eigenvalue weighted by molar-refractivity contribution is -0.122. The first-order chi connectivity index (χ1) is 15.3. The number of hydrogen-bond donors (Lipinski definition) is 1. The number of anilines is 2. The standard InChI is InChI=1S/C21H19F2N3O5S/c1-29-15-5-11(6-16(30-2)19(15)31-3)26-9-10(4-18(26)27)20(28)25-21-24-14-7-12(22)13(23)8-17(14)32-21/h5-8,10H,4,9H2,1-3H3,(H,24,25,28). The van der Waals surface area contributed by atoms with Gasteiger partial charge in [0.05, 0.1) is 43.2 Å². The highest BCUT2D eigenvalue weighted by molar-refractivity contribution is 7.22. The summed E-state index contributed by atoms with van der Waals surface area (Å²) >= 11 is 1.02. The molecule has 2 amide bonds. The molecule has 1 atom stereocenters. The van der Waals surface area contributed by atoms with E-state index in [9.17, 15) is 18.4 Å². The van der Waals surface area contributed by atoms with Crippen LogP contribution in [0.1, 0.15) is 6.42 Å². The van der Waals surface area contributed by atoms with E-state index in [1.54, 1.807) is 12.1 Å². The number of halogens is 2. The van der Waals surface area contributed by atoms with E-state index in [1.807, 2.05) is 0 Å². The smallest absolute Gasteiger partial charge is 0.231 e. The first kappa shape index (κ1) is 21.8. The Morgan fingerprint density at radius 2 is 1.75 bits per heavy atom. The molecule has 0 radical (unpaired) electrons. The molecule has 0 bridgehead atoms. The van der Waals surface area contributed by atoms with Gasteiger partial charge in [-0.25, -0.2) is 13.8 Å². The van der Waals surface area contributed by atoms with Crippen molar-refractivity contribution >= 4 is 44.2 Å². The number of fused-ring (bicyclic) bond motifs is 1. The molecule has 1 N–H and O–H groups in total. The van der Waals surface area contributed by atoms with Crippen LogP contribution in [0.3, 0.4) is 0 Å². The lowest BCUT2D eigenvalue weighted by atomic mass is 10.1. The predicted octanol–water partition coefficient (Wildman–Crippen LogP) is 3.59. The molecule has 1 aromatic heterocycles. The Hall–Kier alpha value is -3.47. The molecular weight excluding hydrogens is 444 g/mol. The summed E-state index contributed by atoms with van der Waals surface area (Å²) in [5, 5.41) is 2.85. The number of ether oxygens (including phenoxy) is 3. The van der Waals surface area contributed by atoms with Gasteiger partial charge >= 0.3 is 0 Å². The number of rotatable bonds is 6. The maximum Gasteiger partial charge on any atom is 0.231 e. The fourth-order valence-corrected chi connectivity index (χ4v) is 4.42.